The minimum atomic E-state index is 0.293. The first kappa shape index (κ1) is 13.0. The molecule has 16 heavy (non-hydrogen) atoms. The van der Waals surface area contributed by atoms with Crippen molar-refractivity contribution in [3.63, 3.8) is 0 Å². The predicted molar refractivity (Wildman–Crippen MR) is 62.8 cm³/mol. The van der Waals surface area contributed by atoms with Gasteiger partial charge in [-0.1, -0.05) is 13.3 Å². The molecule has 90 valence electrons. The Bertz CT molecular complexity index is 251. The number of rotatable bonds is 5. The third-order valence-corrected chi connectivity index (χ3v) is 3.01. The van der Waals surface area contributed by atoms with E-state index in [1.165, 1.54) is 0 Å². The van der Waals surface area contributed by atoms with Crippen molar-refractivity contribution < 1.29 is 4.79 Å². The quantitative estimate of drug-likeness (QED) is 0.704. The van der Waals surface area contributed by atoms with Crippen molar-refractivity contribution in [1.29, 1.82) is 5.26 Å². The largest absolute Gasteiger partial charge is 0.340 e. The molecule has 0 bridgehead atoms. The lowest BCUT2D eigenvalue weighted by Gasteiger charge is -2.34. The SMILES string of the molecule is CCCCC(=O)N1CCN(CCC#N)CC1. The van der Waals surface area contributed by atoms with Gasteiger partial charge in [-0.2, -0.15) is 5.26 Å². The highest BCUT2D eigenvalue weighted by Gasteiger charge is 2.19. The van der Waals surface area contributed by atoms with Gasteiger partial charge in [0.25, 0.3) is 0 Å². The minimum absolute atomic E-state index is 0.293. The standard InChI is InChI=1S/C12H21N3O/c1-2-3-5-12(16)15-10-8-14(9-11-15)7-4-6-13/h2-5,7-11H2,1H3. The summed E-state index contributed by atoms with van der Waals surface area (Å²) in [5, 5.41) is 8.49. The van der Waals surface area contributed by atoms with Crippen LogP contribution >= 0.6 is 0 Å². The fourth-order valence-electron chi connectivity index (χ4n) is 1.92. The zero-order valence-corrected chi connectivity index (χ0v) is 10.1. The Hall–Kier alpha value is -1.08. The number of amides is 1. The molecule has 4 heteroatoms. The van der Waals surface area contributed by atoms with Gasteiger partial charge in [0, 0.05) is 45.6 Å². The molecule has 0 spiro atoms. The van der Waals surface area contributed by atoms with Gasteiger partial charge in [0.1, 0.15) is 0 Å². The van der Waals surface area contributed by atoms with Gasteiger partial charge < -0.3 is 4.90 Å². The van der Waals surface area contributed by atoms with E-state index in [9.17, 15) is 4.79 Å². The van der Waals surface area contributed by atoms with E-state index in [0.29, 0.717) is 18.7 Å². The van der Waals surface area contributed by atoms with Gasteiger partial charge in [-0.15, -0.1) is 0 Å². The number of piperazine rings is 1. The van der Waals surface area contributed by atoms with E-state index in [-0.39, 0.29) is 0 Å². The molecule has 0 radical (unpaired) electrons. The minimum Gasteiger partial charge on any atom is -0.340 e. The molecule has 1 aliphatic rings. The molecule has 0 aromatic carbocycles. The molecule has 0 N–H and O–H groups in total. The maximum Gasteiger partial charge on any atom is 0.222 e. The van der Waals surface area contributed by atoms with Crippen LogP contribution in [0.15, 0.2) is 0 Å². The van der Waals surface area contributed by atoms with Crippen LogP contribution in [0.3, 0.4) is 0 Å². The Balaban J connectivity index is 2.21. The first-order valence-electron chi connectivity index (χ1n) is 6.15. The van der Waals surface area contributed by atoms with Crippen LogP contribution in [0, 0.1) is 11.3 Å². The first-order chi connectivity index (χ1) is 7.77. The molecule has 1 fully saturated rings. The molecule has 1 amide bonds. The molecule has 1 rings (SSSR count). The molecular formula is C12H21N3O. The van der Waals surface area contributed by atoms with Crippen LogP contribution in [-0.4, -0.2) is 48.4 Å². The van der Waals surface area contributed by atoms with Crippen LogP contribution in [0.1, 0.15) is 32.6 Å². The summed E-state index contributed by atoms with van der Waals surface area (Å²) in [5.74, 6) is 0.293. The van der Waals surface area contributed by atoms with Crippen molar-refractivity contribution in [1.82, 2.24) is 9.80 Å². The van der Waals surface area contributed by atoms with Gasteiger partial charge >= 0.3 is 0 Å². The molecule has 0 saturated carbocycles. The molecule has 1 aliphatic heterocycles. The summed E-state index contributed by atoms with van der Waals surface area (Å²) in [6.45, 7) is 6.43. The second-order valence-electron chi connectivity index (χ2n) is 4.23. The third-order valence-electron chi connectivity index (χ3n) is 3.01. The Kier molecular flexibility index (Phi) is 5.87. The lowest BCUT2D eigenvalue weighted by atomic mass is 10.2. The number of carbonyl (C=O) groups is 1. The van der Waals surface area contributed by atoms with Gasteiger partial charge in [-0.05, 0) is 6.42 Å². The van der Waals surface area contributed by atoms with Crippen LogP contribution in [0.5, 0.6) is 0 Å². The second kappa shape index (κ2) is 7.24. The van der Waals surface area contributed by atoms with Gasteiger partial charge in [-0.25, -0.2) is 0 Å². The highest BCUT2D eigenvalue weighted by molar-refractivity contribution is 5.76. The summed E-state index contributed by atoms with van der Waals surface area (Å²) < 4.78 is 0. The lowest BCUT2D eigenvalue weighted by molar-refractivity contribution is -0.133. The molecule has 1 heterocycles. The van der Waals surface area contributed by atoms with Gasteiger partial charge in [0.15, 0.2) is 0 Å². The summed E-state index contributed by atoms with van der Waals surface area (Å²) in [4.78, 5) is 15.9. The fraction of sp³-hybridized carbons (Fsp3) is 0.833. The van der Waals surface area contributed by atoms with Crippen LogP contribution < -0.4 is 0 Å². The Morgan fingerprint density at radius 1 is 1.31 bits per heavy atom. The van der Waals surface area contributed by atoms with E-state index in [1.54, 1.807) is 0 Å². The monoisotopic (exact) mass is 223 g/mol. The number of carbonyl (C=O) groups excluding carboxylic acids is 1. The molecule has 0 aromatic rings. The zero-order valence-electron chi connectivity index (χ0n) is 10.1. The molecule has 0 atom stereocenters. The van der Waals surface area contributed by atoms with Gasteiger partial charge in [-0.3, -0.25) is 9.69 Å². The molecule has 4 nitrogen and oxygen atoms in total. The molecule has 0 unspecified atom stereocenters. The summed E-state index contributed by atoms with van der Waals surface area (Å²) in [6.07, 6.45) is 3.35. The molecule has 0 aliphatic carbocycles. The highest BCUT2D eigenvalue weighted by Crippen LogP contribution is 2.06. The number of nitriles is 1. The number of hydrogen-bond donors (Lipinski definition) is 0. The van der Waals surface area contributed by atoms with Crippen molar-refractivity contribution in [2.24, 2.45) is 0 Å². The Morgan fingerprint density at radius 2 is 2.00 bits per heavy atom. The van der Waals surface area contributed by atoms with E-state index >= 15 is 0 Å². The summed E-state index contributed by atoms with van der Waals surface area (Å²) in [6, 6.07) is 2.15. The number of hydrogen-bond acceptors (Lipinski definition) is 3. The predicted octanol–water partition coefficient (Wildman–Crippen LogP) is 1.23. The molecular weight excluding hydrogens is 202 g/mol. The lowest BCUT2D eigenvalue weighted by Crippen LogP contribution is -2.48. The highest BCUT2D eigenvalue weighted by atomic mass is 16.2. The molecule has 1 saturated heterocycles. The first-order valence-corrected chi connectivity index (χ1v) is 6.15. The Labute approximate surface area is 97.8 Å². The van der Waals surface area contributed by atoms with Crippen LogP contribution in [0.2, 0.25) is 0 Å². The third kappa shape index (κ3) is 4.19. The van der Waals surface area contributed by atoms with Gasteiger partial charge in [0.05, 0.1) is 6.07 Å². The Morgan fingerprint density at radius 3 is 2.56 bits per heavy atom. The smallest absolute Gasteiger partial charge is 0.222 e. The normalized spacial score (nSPS) is 17.1. The van der Waals surface area contributed by atoms with E-state index in [0.717, 1.165) is 45.6 Å². The topological polar surface area (TPSA) is 47.3 Å². The van der Waals surface area contributed by atoms with E-state index in [1.807, 2.05) is 4.90 Å². The summed E-state index contributed by atoms with van der Waals surface area (Å²) in [7, 11) is 0. The van der Waals surface area contributed by atoms with Crippen LogP contribution in [0.25, 0.3) is 0 Å². The van der Waals surface area contributed by atoms with E-state index < -0.39 is 0 Å². The average Bonchev–Trinajstić information content (AvgIpc) is 2.34. The van der Waals surface area contributed by atoms with Crippen molar-refractivity contribution in [2.45, 2.75) is 32.6 Å². The van der Waals surface area contributed by atoms with Crippen molar-refractivity contribution in [3.8, 4) is 6.07 Å². The van der Waals surface area contributed by atoms with E-state index in [4.69, 9.17) is 5.26 Å². The van der Waals surface area contributed by atoms with Gasteiger partial charge in [0.2, 0.25) is 5.91 Å². The fourth-order valence-corrected chi connectivity index (χ4v) is 1.92. The molecule has 0 aromatic heterocycles. The van der Waals surface area contributed by atoms with Crippen molar-refractivity contribution >= 4 is 5.91 Å². The van der Waals surface area contributed by atoms with Crippen molar-refractivity contribution in [2.75, 3.05) is 32.7 Å². The van der Waals surface area contributed by atoms with Crippen LogP contribution in [-0.2, 0) is 4.79 Å². The number of unbranched alkanes of at least 4 members (excludes halogenated alkanes) is 1. The zero-order chi connectivity index (χ0) is 11.8. The van der Waals surface area contributed by atoms with Crippen LogP contribution in [0.4, 0.5) is 0 Å². The second-order valence-corrected chi connectivity index (χ2v) is 4.23. The summed E-state index contributed by atoms with van der Waals surface area (Å²) in [5.41, 5.74) is 0. The summed E-state index contributed by atoms with van der Waals surface area (Å²) >= 11 is 0. The van der Waals surface area contributed by atoms with Crippen molar-refractivity contribution in [3.05, 3.63) is 0 Å². The number of nitrogens with zero attached hydrogens (tertiary/aromatic N) is 3. The maximum absolute atomic E-state index is 11.7. The maximum atomic E-state index is 11.7. The average molecular weight is 223 g/mol. The van der Waals surface area contributed by atoms with E-state index in [2.05, 4.69) is 17.9 Å².